The molecule has 6 heteroatoms. The highest BCUT2D eigenvalue weighted by Gasteiger charge is 2.11. The third kappa shape index (κ3) is 3.47. The van der Waals surface area contributed by atoms with Crippen LogP contribution in [0.3, 0.4) is 0 Å². The normalized spacial score (nSPS) is 10.3. The first kappa shape index (κ1) is 14.3. The minimum Gasteiger partial charge on any atom is -0.321 e. The van der Waals surface area contributed by atoms with Gasteiger partial charge in [-0.2, -0.15) is 0 Å². The zero-order valence-corrected chi connectivity index (χ0v) is 13.0. The van der Waals surface area contributed by atoms with E-state index >= 15 is 0 Å². The number of hydrogen-bond donors (Lipinski definition) is 1. The molecule has 98 valence electrons. The maximum absolute atomic E-state index is 12.1. The summed E-state index contributed by atoms with van der Waals surface area (Å²) in [5.41, 5.74) is 1.76. The molecular weight excluding hydrogens is 351 g/mol. The molecule has 0 radical (unpaired) electrons. The minimum absolute atomic E-state index is 0.296. The van der Waals surface area contributed by atoms with E-state index in [1.807, 2.05) is 6.92 Å². The lowest BCUT2D eigenvalue weighted by molar-refractivity contribution is 0.102. The molecule has 2 rings (SSSR count). The molecular formula is C13H9BrCl2N2O. The van der Waals surface area contributed by atoms with E-state index in [9.17, 15) is 4.79 Å². The third-order valence-electron chi connectivity index (χ3n) is 2.45. The molecule has 0 aliphatic carbocycles. The maximum Gasteiger partial charge on any atom is 0.257 e. The first-order valence-corrected chi connectivity index (χ1v) is 6.91. The van der Waals surface area contributed by atoms with Gasteiger partial charge in [-0.25, -0.2) is 4.98 Å². The average molecular weight is 360 g/mol. The Morgan fingerprint density at radius 2 is 2.05 bits per heavy atom. The van der Waals surface area contributed by atoms with Crippen LogP contribution in [0.2, 0.25) is 10.2 Å². The standard InChI is InChI=1S/C13H9BrCl2N2O/c1-7-4-9(6-17-12(7)16)18-13(19)10-5-8(14)2-3-11(10)15/h2-6H,1H3,(H,18,19). The van der Waals surface area contributed by atoms with Crippen molar-refractivity contribution in [3.63, 3.8) is 0 Å². The van der Waals surface area contributed by atoms with Gasteiger partial charge in [-0.1, -0.05) is 39.1 Å². The lowest BCUT2D eigenvalue weighted by Crippen LogP contribution is -2.12. The molecule has 0 bridgehead atoms. The van der Waals surface area contributed by atoms with Crippen molar-refractivity contribution in [2.45, 2.75) is 6.92 Å². The van der Waals surface area contributed by atoms with Crippen LogP contribution >= 0.6 is 39.1 Å². The van der Waals surface area contributed by atoms with Crippen molar-refractivity contribution < 1.29 is 4.79 Å². The van der Waals surface area contributed by atoms with Crippen molar-refractivity contribution in [2.24, 2.45) is 0 Å². The topological polar surface area (TPSA) is 42.0 Å². The predicted molar refractivity (Wildman–Crippen MR) is 81.1 cm³/mol. The van der Waals surface area contributed by atoms with Crippen molar-refractivity contribution in [1.29, 1.82) is 0 Å². The molecule has 0 atom stereocenters. The van der Waals surface area contributed by atoms with E-state index < -0.39 is 0 Å². The van der Waals surface area contributed by atoms with Crippen LogP contribution in [-0.4, -0.2) is 10.9 Å². The molecule has 1 N–H and O–H groups in total. The molecule has 0 unspecified atom stereocenters. The maximum atomic E-state index is 12.1. The van der Waals surface area contributed by atoms with Crippen LogP contribution in [0.5, 0.6) is 0 Å². The van der Waals surface area contributed by atoms with E-state index in [1.54, 1.807) is 24.3 Å². The number of nitrogens with zero attached hydrogens (tertiary/aromatic N) is 1. The fourth-order valence-corrected chi connectivity index (χ4v) is 2.16. The summed E-state index contributed by atoms with van der Waals surface area (Å²) >= 11 is 15.1. The highest BCUT2D eigenvalue weighted by molar-refractivity contribution is 9.10. The second kappa shape index (κ2) is 5.90. The van der Waals surface area contributed by atoms with E-state index in [2.05, 4.69) is 26.2 Å². The molecule has 1 aromatic heterocycles. The number of anilines is 1. The minimum atomic E-state index is -0.296. The number of hydrogen-bond acceptors (Lipinski definition) is 2. The summed E-state index contributed by atoms with van der Waals surface area (Å²) < 4.78 is 0.785. The fraction of sp³-hybridized carbons (Fsp3) is 0.0769. The number of halogens is 3. The van der Waals surface area contributed by atoms with Gasteiger partial charge in [0, 0.05) is 4.47 Å². The second-order valence-electron chi connectivity index (χ2n) is 3.91. The first-order chi connectivity index (χ1) is 8.97. The van der Waals surface area contributed by atoms with Gasteiger partial charge in [0.05, 0.1) is 22.5 Å². The molecule has 0 fully saturated rings. The Balaban J connectivity index is 2.25. The predicted octanol–water partition coefficient (Wildman–Crippen LogP) is 4.71. The zero-order chi connectivity index (χ0) is 14.0. The zero-order valence-electron chi connectivity index (χ0n) is 9.88. The summed E-state index contributed by atoms with van der Waals surface area (Å²) in [6, 6.07) is 6.84. The average Bonchev–Trinajstić information content (AvgIpc) is 2.36. The molecule has 0 spiro atoms. The molecule has 0 saturated heterocycles. The summed E-state index contributed by atoms with van der Waals surface area (Å²) in [5, 5.41) is 3.53. The lowest BCUT2D eigenvalue weighted by Gasteiger charge is -2.08. The molecule has 19 heavy (non-hydrogen) atoms. The van der Waals surface area contributed by atoms with Gasteiger partial charge >= 0.3 is 0 Å². The van der Waals surface area contributed by atoms with Crippen LogP contribution in [0.1, 0.15) is 15.9 Å². The Morgan fingerprint density at radius 1 is 1.32 bits per heavy atom. The number of aryl methyl sites for hydroxylation is 1. The van der Waals surface area contributed by atoms with Gasteiger partial charge in [0.1, 0.15) is 5.15 Å². The van der Waals surface area contributed by atoms with E-state index in [0.717, 1.165) is 10.0 Å². The summed E-state index contributed by atoms with van der Waals surface area (Å²) in [7, 11) is 0. The van der Waals surface area contributed by atoms with Crippen molar-refractivity contribution in [3.05, 3.63) is 56.2 Å². The monoisotopic (exact) mass is 358 g/mol. The van der Waals surface area contributed by atoms with Gasteiger partial charge in [0.25, 0.3) is 5.91 Å². The van der Waals surface area contributed by atoms with E-state index in [4.69, 9.17) is 23.2 Å². The van der Waals surface area contributed by atoms with Crippen molar-refractivity contribution in [3.8, 4) is 0 Å². The first-order valence-electron chi connectivity index (χ1n) is 5.36. The van der Waals surface area contributed by atoms with Gasteiger partial charge in [0.15, 0.2) is 0 Å². The number of rotatable bonds is 2. The molecule has 0 aliphatic heterocycles. The summed E-state index contributed by atoms with van der Waals surface area (Å²) in [6.45, 7) is 1.82. The number of carbonyl (C=O) groups is 1. The lowest BCUT2D eigenvalue weighted by atomic mass is 10.2. The second-order valence-corrected chi connectivity index (χ2v) is 5.59. The smallest absolute Gasteiger partial charge is 0.257 e. The summed E-state index contributed by atoms with van der Waals surface area (Å²) in [6.07, 6.45) is 1.50. The van der Waals surface area contributed by atoms with Crippen LogP contribution < -0.4 is 5.32 Å². The molecule has 1 heterocycles. The van der Waals surface area contributed by atoms with Crippen molar-refractivity contribution in [2.75, 3.05) is 5.32 Å². The number of pyridine rings is 1. The molecule has 2 aromatic rings. The Labute approximate surface area is 129 Å². The van der Waals surface area contributed by atoms with Crippen molar-refractivity contribution in [1.82, 2.24) is 4.98 Å². The van der Waals surface area contributed by atoms with E-state index in [1.165, 1.54) is 6.20 Å². The van der Waals surface area contributed by atoms with Gasteiger partial charge in [0.2, 0.25) is 0 Å². The van der Waals surface area contributed by atoms with Crippen LogP contribution in [0, 0.1) is 6.92 Å². The van der Waals surface area contributed by atoms with Gasteiger partial charge in [-0.05, 0) is 36.8 Å². The fourth-order valence-electron chi connectivity index (χ4n) is 1.50. The highest BCUT2D eigenvalue weighted by atomic mass is 79.9. The molecule has 0 aliphatic rings. The number of nitrogens with one attached hydrogen (secondary N) is 1. The largest absolute Gasteiger partial charge is 0.321 e. The van der Waals surface area contributed by atoms with Gasteiger partial charge in [-0.3, -0.25) is 4.79 Å². The van der Waals surface area contributed by atoms with Crippen LogP contribution in [0.15, 0.2) is 34.9 Å². The molecule has 0 saturated carbocycles. The van der Waals surface area contributed by atoms with E-state index in [0.29, 0.717) is 21.4 Å². The molecule has 1 aromatic carbocycles. The number of amides is 1. The Morgan fingerprint density at radius 3 is 2.74 bits per heavy atom. The van der Waals surface area contributed by atoms with E-state index in [-0.39, 0.29) is 5.91 Å². The summed E-state index contributed by atoms with van der Waals surface area (Å²) in [5.74, 6) is -0.296. The SMILES string of the molecule is Cc1cc(NC(=O)c2cc(Br)ccc2Cl)cnc1Cl. The highest BCUT2D eigenvalue weighted by Crippen LogP contribution is 2.23. The van der Waals surface area contributed by atoms with Crippen LogP contribution in [0.25, 0.3) is 0 Å². The summed E-state index contributed by atoms with van der Waals surface area (Å²) in [4.78, 5) is 16.1. The quantitative estimate of drug-likeness (QED) is 0.789. The number of aromatic nitrogens is 1. The number of carbonyl (C=O) groups excluding carboxylic acids is 1. The van der Waals surface area contributed by atoms with Gasteiger partial charge in [-0.15, -0.1) is 0 Å². The third-order valence-corrected chi connectivity index (χ3v) is 3.66. The van der Waals surface area contributed by atoms with Gasteiger partial charge < -0.3 is 5.32 Å². The van der Waals surface area contributed by atoms with Crippen molar-refractivity contribution >= 4 is 50.7 Å². The number of benzene rings is 1. The Kier molecular flexibility index (Phi) is 4.45. The Bertz CT molecular complexity index is 647. The Hall–Kier alpha value is -1.10. The molecule has 1 amide bonds. The molecule has 3 nitrogen and oxygen atoms in total. The van der Waals surface area contributed by atoms with Crippen LogP contribution in [0.4, 0.5) is 5.69 Å². The van der Waals surface area contributed by atoms with Crippen LogP contribution in [-0.2, 0) is 0 Å².